The molecule has 1 aromatic heterocycles. The van der Waals surface area contributed by atoms with Crippen LogP contribution in [0.5, 0.6) is 0 Å². The molecule has 1 N–H and O–H groups in total. The van der Waals surface area contributed by atoms with Crippen molar-refractivity contribution in [2.24, 2.45) is 5.92 Å². The van der Waals surface area contributed by atoms with Gasteiger partial charge >= 0.3 is 0 Å². The minimum absolute atomic E-state index is 0.308. The molecule has 2 fully saturated rings. The van der Waals surface area contributed by atoms with Gasteiger partial charge in [0.1, 0.15) is 0 Å². The molecule has 1 aliphatic carbocycles. The number of aliphatic hydroxyl groups is 1. The second-order valence-electron chi connectivity index (χ2n) is 6.91. The summed E-state index contributed by atoms with van der Waals surface area (Å²) in [4.78, 5) is 2.53. The van der Waals surface area contributed by atoms with Crippen LogP contribution >= 0.6 is 0 Å². The lowest BCUT2D eigenvalue weighted by Gasteiger charge is -2.31. The number of β-amino-alcohol motifs (C(OH)–C–C–N with tert-alkyl or cyclic N) is 1. The van der Waals surface area contributed by atoms with Crippen molar-refractivity contribution in [3.05, 3.63) is 18.5 Å². The minimum atomic E-state index is -0.308. The first-order chi connectivity index (χ1) is 10.3. The van der Waals surface area contributed by atoms with E-state index in [1.165, 1.54) is 51.4 Å². The van der Waals surface area contributed by atoms with Crippen LogP contribution in [0, 0.1) is 5.92 Å². The Morgan fingerprint density at radius 3 is 2.71 bits per heavy atom. The first-order valence-electron chi connectivity index (χ1n) is 8.71. The molecule has 1 saturated carbocycles. The van der Waals surface area contributed by atoms with Gasteiger partial charge in [-0.1, -0.05) is 32.1 Å². The lowest BCUT2D eigenvalue weighted by Crippen LogP contribution is -2.39. The Morgan fingerprint density at radius 1 is 1.10 bits per heavy atom. The molecule has 1 aliphatic heterocycles. The van der Waals surface area contributed by atoms with Crippen molar-refractivity contribution in [1.82, 2.24) is 14.7 Å². The lowest BCUT2D eigenvalue weighted by molar-refractivity contribution is 0.0815. The SMILES string of the molecule is O[C@@H](CN1CCC[C@@H]1CC1CCCCC1)Cn1cccn1. The standard InChI is InChI=1S/C17H29N3O/c21-17(14-20-11-5-9-18-20)13-19-10-4-8-16(19)12-15-6-2-1-3-7-15/h5,9,11,15-17,21H,1-4,6-8,10,12-14H2/t16-,17+/m1/s1. The van der Waals surface area contributed by atoms with Gasteiger partial charge in [-0.2, -0.15) is 5.10 Å². The molecule has 0 bridgehead atoms. The van der Waals surface area contributed by atoms with E-state index in [4.69, 9.17) is 0 Å². The van der Waals surface area contributed by atoms with Gasteiger partial charge in [-0.25, -0.2) is 0 Å². The van der Waals surface area contributed by atoms with E-state index in [-0.39, 0.29) is 6.10 Å². The molecule has 2 aliphatic rings. The third-order valence-corrected chi connectivity index (χ3v) is 5.23. The van der Waals surface area contributed by atoms with Crippen LogP contribution in [0.1, 0.15) is 51.4 Å². The number of likely N-dealkylation sites (tertiary alicyclic amines) is 1. The van der Waals surface area contributed by atoms with Crippen LogP contribution in [-0.4, -0.2) is 45.0 Å². The molecule has 3 rings (SSSR count). The Balaban J connectivity index is 1.46. The fourth-order valence-corrected chi connectivity index (χ4v) is 4.16. The van der Waals surface area contributed by atoms with Crippen LogP contribution in [-0.2, 0) is 6.54 Å². The molecule has 2 atom stereocenters. The predicted molar refractivity (Wildman–Crippen MR) is 84.0 cm³/mol. The average Bonchev–Trinajstić information content (AvgIpc) is 3.13. The van der Waals surface area contributed by atoms with E-state index >= 15 is 0 Å². The molecule has 1 saturated heterocycles. The molecular formula is C17H29N3O. The van der Waals surface area contributed by atoms with Crippen molar-refractivity contribution in [1.29, 1.82) is 0 Å². The van der Waals surface area contributed by atoms with Gasteiger partial charge < -0.3 is 5.11 Å². The van der Waals surface area contributed by atoms with Crippen LogP contribution in [0.4, 0.5) is 0 Å². The monoisotopic (exact) mass is 291 g/mol. The topological polar surface area (TPSA) is 41.3 Å². The average molecular weight is 291 g/mol. The van der Waals surface area contributed by atoms with Gasteiger partial charge in [0.15, 0.2) is 0 Å². The highest BCUT2D eigenvalue weighted by atomic mass is 16.3. The molecule has 21 heavy (non-hydrogen) atoms. The lowest BCUT2D eigenvalue weighted by atomic mass is 9.84. The molecule has 4 nitrogen and oxygen atoms in total. The second kappa shape index (κ2) is 7.41. The summed E-state index contributed by atoms with van der Waals surface area (Å²) in [5.74, 6) is 0.938. The number of aliphatic hydroxyl groups excluding tert-OH is 1. The van der Waals surface area contributed by atoms with Gasteiger partial charge in [0.05, 0.1) is 12.6 Å². The van der Waals surface area contributed by atoms with Crippen LogP contribution in [0.2, 0.25) is 0 Å². The van der Waals surface area contributed by atoms with Crippen LogP contribution in [0.15, 0.2) is 18.5 Å². The number of aromatic nitrogens is 2. The molecule has 0 spiro atoms. The molecular weight excluding hydrogens is 262 g/mol. The summed E-state index contributed by atoms with van der Waals surface area (Å²) in [6.45, 7) is 2.57. The van der Waals surface area contributed by atoms with E-state index in [1.54, 1.807) is 6.20 Å². The normalized spacial score (nSPS) is 26.2. The number of nitrogens with zero attached hydrogens (tertiary/aromatic N) is 3. The van der Waals surface area contributed by atoms with Crippen molar-refractivity contribution in [3.8, 4) is 0 Å². The second-order valence-corrected chi connectivity index (χ2v) is 6.91. The molecule has 0 amide bonds. The zero-order valence-electron chi connectivity index (χ0n) is 13.0. The highest BCUT2D eigenvalue weighted by molar-refractivity contribution is 4.85. The number of rotatable bonds is 6. The summed E-state index contributed by atoms with van der Waals surface area (Å²) >= 11 is 0. The highest BCUT2D eigenvalue weighted by Crippen LogP contribution is 2.32. The summed E-state index contributed by atoms with van der Waals surface area (Å²) in [6, 6.07) is 2.62. The maximum Gasteiger partial charge on any atom is 0.0862 e. The van der Waals surface area contributed by atoms with Crippen molar-refractivity contribution < 1.29 is 5.11 Å². The number of hydrogen-bond donors (Lipinski definition) is 1. The van der Waals surface area contributed by atoms with Crippen molar-refractivity contribution in [2.45, 2.75) is 70.1 Å². The maximum atomic E-state index is 10.3. The summed E-state index contributed by atoms with van der Waals surface area (Å²) < 4.78 is 1.83. The molecule has 2 heterocycles. The van der Waals surface area contributed by atoms with Crippen molar-refractivity contribution in [2.75, 3.05) is 13.1 Å². The van der Waals surface area contributed by atoms with Gasteiger partial charge in [0.25, 0.3) is 0 Å². The molecule has 0 unspecified atom stereocenters. The van der Waals surface area contributed by atoms with Crippen LogP contribution in [0.25, 0.3) is 0 Å². The predicted octanol–water partition coefficient (Wildman–Crippen LogP) is 2.68. The van der Waals surface area contributed by atoms with E-state index < -0.39 is 0 Å². The fraction of sp³-hybridized carbons (Fsp3) is 0.824. The Morgan fingerprint density at radius 2 is 1.95 bits per heavy atom. The first kappa shape index (κ1) is 15.0. The Labute approximate surface area is 128 Å². The van der Waals surface area contributed by atoms with E-state index in [0.717, 1.165) is 19.0 Å². The molecule has 1 aromatic rings. The van der Waals surface area contributed by atoms with Gasteiger partial charge in [-0.15, -0.1) is 0 Å². The third kappa shape index (κ3) is 4.30. The van der Waals surface area contributed by atoms with E-state index in [1.807, 2.05) is 16.9 Å². The van der Waals surface area contributed by atoms with E-state index in [9.17, 15) is 5.11 Å². The third-order valence-electron chi connectivity index (χ3n) is 5.23. The van der Waals surface area contributed by atoms with Crippen LogP contribution < -0.4 is 0 Å². The summed E-state index contributed by atoms with van der Waals surface area (Å²) in [7, 11) is 0. The summed E-state index contributed by atoms with van der Waals surface area (Å²) in [6.07, 6.45) is 14.5. The number of hydrogen-bond acceptors (Lipinski definition) is 3. The molecule has 4 heteroatoms. The highest BCUT2D eigenvalue weighted by Gasteiger charge is 2.29. The largest absolute Gasteiger partial charge is 0.390 e. The van der Waals surface area contributed by atoms with Crippen molar-refractivity contribution in [3.63, 3.8) is 0 Å². The Bertz CT molecular complexity index is 400. The van der Waals surface area contributed by atoms with Crippen LogP contribution in [0.3, 0.4) is 0 Å². The quantitative estimate of drug-likeness (QED) is 0.876. The van der Waals surface area contributed by atoms with Gasteiger partial charge in [0.2, 0.25) is 0 Å². The maximum absolute atomic E-state index is 10.3. The fourth-order valence-electron chi connectivity index (χ4n) is 4.16. The molecule has 0 radical (unpaired) electrons. The minimum Gasteiger partial charge on any atom is -0.390 e. The van der Waals surface area contributed by atoms with Gasteiger partial charge in [-0.3, -0.25) is 9.58 Å². The van der Waals surface area contributed by atoms with Gasteiger partial charge in [0, 0.05) is 25.0 Å². The van der Waals surface area contributed by atoms with Crippen molar-refractivity contribution >= 4 is 0 Å². The zero-order valence-corrected chi connectivity index (χ0v) is 13.0. The van der Waals surface area contributed by atoms with E-state index in [0.29, 0.717) is 12.6 Å². The smallest absolute Gasteiger partial charge is 0.0862 e. The summed E-state index contributed by atoms with van der Waals surface area (Å²) in [5, 5.41) is 14.5. The molecule has 118 valence electrons. The Kier molecular flexibility index (Phi) is 5.31. The summed E-state index contributed by atoms with van der Waals surface area (Å²) in [5.41, 5.74) is 0. The first-order valence-corrected chi connectivity index (χ1v) is 8.71. The Hall–Kier alpha value is -0.870. The van der Waals surface area contributed by atoms with Gasteiger partial charge in [-0.05, 0) is 37.8 Å². The van der Waals surface area contributed by atoms with E-state index in [2.05, 4.69) is 10.00 Å². The molecule has 0 aromatic carbocycles. The zero-order chi connectivity index (χ0) is 14.5.